The Morgan fingerprint density at radius 1 is 1.00 bits per heavy atom. The Kier molecular flexibility index (Phi) is 13.0. The molecule has 1 aliphatic carbocycles. The molecule has 0 aromatic rings. The molecule has 7 N–H and O–H groups in total. The van der Waals surface area contributed by atoms with Crippen LogP contribution in [-0.4, -0.2) is 89.8 Å². The predicted molar refractivity (Wildman–Crippen MR) is 166 cm³/mol. The number of carbonyl (C=O) groups excluding carboxylic acids is 5. The molecule has 4 unspecified atom stereocenters. The Bertz CT molecular complexity index is 1040. The average molecular weight is 625 g/mol. The summed E-state index contributed by atoms with van der Waals surface area (Å²) >= 11 is 0. The lowest BCUT2D eigenvalue weighted by Crippen LogP contribution is -2.62. The Labute approximate surface area is 262 Å². The molecule has 1 aliphatic heterocycles. The van der Waals surface area contributed by atoms with Crippen LogP contribution in [0.15, 0.2) is 0 Å². The van der Waals surface area contributed by atoms with Gasteiger partial charge in [0.25, 0.3) is 5.91 Å². The molecule has 2 aliphatic rings. The number of urea groups is 1. The van der Waals surface area contributed by atoms with Crippen LogP contribution in [0.25, 0.3) is 0 Å². The van der Waals surface area contributed by atoms with Gasteiger partial charge in [0, 0.05) is 13.1 Å². The summed E-state index contributed by atoms with van der Waals surface area (Å²) in [6.45, 7) is 17.6. The van der Waals surface area contributed by atoms with Gasteiger partial charge in [-0.15, -0.1) is 0 Å². The Morgan fingerprint density at radius 2 is 1.61 bits per heavy atom. The predicted octanol–water partition coefficient (Wildman–Crippen LogP) is 1.87. The maximum Gasteiger partial charge on any atom is 0.407 e. The van der Waals surface area contributed by atoms with Crippen molar-refractivity contribution in [1.82, 2.24) is 26.2 Å². The lowest BCUT2D eigenvalue weighted by atomic mass is 9.80. The summed E-state index contributed by atoms with van der Waals surface area (Å²) in [5.41, 5.74) is 4.14. The van der Waals surface area contributed by atoms with Gasteiger partial charge < -0.3 is 36.4 Å². The number of nitrogens with two attached hydrogens (primary N) is 1. The zero-order valence-electron chi connectivity index (χ0n) is 28.0. The summed E-state index contributed by atoms with van der Waals surface area (Å²) in [5.74, 6) is -2.11. The van der Waals surface area contributed by atoms with Crippen LogP contribution in [0, 0.1) is 28.6 Å². The zero-order valence-corrected chi connectivity index (χ0v) is 28.0. The van der Waals surface area contributed by atoms with E-state index in [0.29, 0.717) is 19.5 Å². The van der Waals surface area contributed by atoms with Crippen molar-refractivity contribution in [2.24, 2.45) is 34.3 Å². The number of carbonyl (C=O) groups is 5. The maximum absolute atomic E-state index is 14.2. The highest BCUT2D eigenvalue weighted by atomic mass is 16.5. The van der Waals surface area contributed by atoms with Crippen LogP contribution in [0.1, 0.15) is 88.0 Å². The Morgan fingerprint density at radius 3 is 2.09 bits per heavy atom. The summed E-state index contributed by atoms with van der Waals surface area (Å²) in [5, 5.41) is 22.6. The lowest BCUT2D eigenvalue weighted by Gasteiger charge is -2.39. The fraction of sp³-hybridized carbons (Fsp3) is 0.839. The first-order valence-electron chi connectivity index (χ1n) is 15.8. The molecule has 5 amide bonds. The largest absolute Gasteiger partial charge is 0.447 e. The van der Waals surface area contributed by atoms with E-state index in [9.17, 15) is 29.1 Å². The van der Waals surface area contributed by atoms with Crippen molar-refractivity contribution in [2.45, 2.75) is 118 Å². The normalized spacial score (nSPS) is 23.5. The van der Waals surface area contributed by atoms with Crippen molar-refractivity contribution in [2.75, 3.05) is 19.7 Å². The molecule has 44 heavy (non-hydrogen) atoms. The first-order valence-corrected chi connectivity index (χ1v) is 15.8. The quantitative estimate of drug-likeness (QED) is 0.132. The highest BCUT2D eigenvalue weighted by molar-refractivity contribution is 6.37. The van der Waals surface area contributed by atoms with E-state index in [0.717, 1.165) is 19.3 Å². The standard InChI is InChI=1S/C31H56N6O7/c1-10-33-29(43)44-16-21(30(4,5)6)35-28(42)36-24(31(7,8)9)27(41)37-15-17(2)18(3)22(37)26(40)34-20(23(38)25(32)39)14-19-12-11-13-19/h17-22,24,26,34,40H,10-16H2,1-9H3,(H2,32,39)(H,33,43)(H2,35,36,42)/t17-,18-,20?,21+,22?,24?,26?/m0/s1. The van der Waals surface area contributed by atoms with E-state index < -0.39 is 65.0 Å². The van der Waals surface area contributed by atoms with Crippen LogP contribution >= 0.6 is 0 Å². The number of nitrogens with zero attached hydrogens (tertiary/aromatic N) is 1. The molecule has 0 spiro atoms. The lowest BCUT2D eigenvalue weighted by molar-refractivity contribution is -0.141. The minimum absolute atomic E-state index is 0.0171. The van der Waals surface area contributed by atoms with Gasteiger partial charge in [-0.05, 0) is 41.9 Å². The molecule has 2 fully saturated rings. The Balaban J connectivity index is 2.25. The number of Topliss-reactive ketones (excluding diaryl/α,β-unsaturated/α-hetero) is 1. The summed E-state index contributed by atoms with van der Waals surface area (Å²) in [4.78, 5) is 65.4. The fourth-order valence-electron chi connectivity index (χ4n) is 5.71. The molecule has 13 heteroatoms. The van der Waals surface area contributed by atoms with Crippen LogP contribution in [0.5, 0.6) is 0 Å². The average Bonchev–Trinajstić information content (AvgIpc) is 3.18. The van der Waals surface area contributed by atoms with E-state index >= 15 is 0 Å². The maximum atomic E-state index is 14.2. The topological polar surface area (TPSA) is 192 Å². The van der Waals surface area contributed by atoms with Crippen molar-refractivity contribution in [3.8, 4) is 0 Å². The number of amides is 5. The number of rotatable bonds is 13. The summed E-state index contributed by atoms with van der Waals surface area (Å²) < 4.78 is 5.28. The Hall–Kier alpha value is -2.93. The zero-order chi connectivity index (χ0) is 33.6. The molecular weight excluding hydrogens is 568 g/mol. The molecule has 0 bridgehead atoms. The van der Waals surface area contributed by atoms with E-state index in [1.807, 2.05) is 55.4 Å². The van der Waals surface area contributed by atoms with Crippen molar-refractivity contribution in [1.29, 1.82) is 0 Å². The van der Waals surface area contributed by atoms with Gasteiger partial charge in [-0.25, -0.2) is 9.59 Å². The van der Waals surface area contributed by atoms with E-state index in [1.54, 1.807) is 11.8 Å². The molecule has 252 valence electrons. The minimum atomic E-state index is -1.31. The smallest absolute Gasteiger partial charge is 0.407 e. The molecule has 1 heterocycles. The van der Waals surface area contributed by atoms with Crippen LogP contribution in [-0.2, 0) is 19.1 Å². The van der Waals surface area contributed by atoms with Gasteiger partial charge in [0.05, 0.1) is 18.1 Å². The highest BCUT2D eigenvalue weighted by Gasteiger charge is 2.48. The number of hydrogen-bond acceptors (Lipinski definition) is 8. The van der Waals surface area contributed by atoms with Crippen molar-refractivity contribution < 1.29 is 33.8 Å². The van der Waals surface area contributed by atoms with Gasteiger partial charge in [0.1, 0.15) is 18.9 Å². The van der Waals surface area contributed by atoms with Gasteiger partial charge in [-0.3, -0.25) is 19.7 Å². The third-order valence-corrected chi connectivity index (χ3v) is 9.05. The summed E-state index contributed by atoms with van der Waals surface area (Å²) in [6.07, 6.45) is 1.42. The third-order valence-electron chi connectivity index (χ3n) is 9.05. The number of ether oxygens (including phenoxy) is 1. The molecule has 0 aromatic carbocycles. The molecule has 1 saturated carbocycles. The number of hydrogen-bond donors (Lipinski definition) is 6. The van der Waals surface area contributed by atoms with Crippen LogP contribution in [0.4, 0.5) is 9.59 Å². The number of likely N-dealkylation sites (tertiary alicyclic amines) is 1. The van der Waals surface area contributed by atoms with Gasteiger partial charge in [-0.1, -0.05) is 74.7 Å². The second-order valence-corrected chi connectivity index (χ2v) is 14.7. The number of aliphatic hydroxyl groups is 1. The van der Waals surface area contributed by atoms with Gasteiger partial charge in [-0.2, -0.15) is 0 Å². The molecule has 1 saturated heterocycles. The van der Waals surface area contributed by atoms with E-state index in [2.05, 4.69) is 21.3 Å². The first kappa shape index (κ1) is 37.3. The molecule has 7 atom stereocenters. The molecule has 13 nitrogen and oxygen atoms in total. The SMILES string of the molecule is CCNC(=O)OC[C@@H](NC(=O)NC(C(=O)N1C[C@H](C)[C@H](C)C1C(O)NC(CC1CCC1)C(=O)C(N)=O)C(C)(C)C)C(C)(C)C. The second-order valence-electron chi connectivity index (χ2n) is 14.7. The number of alkyl carbamates (subject to hydrolysis) is 1. The molecule has 0 aromatic heterocycles. The van der Waals surface area contributed by atoms with Gasteiger partial charge in [0.15, 0.2) is 0 Å². The molecule has 2 rings (SSSR count). The first-order chi connectivity index (χ1) is 20.3. The van der Waals surface area contributed by atoms with E-state index in [4.69, 9.17) is 10.5 Å². The van der Waals surface area contributed by atoms with Gasteiger partial charge in [0.2, 0.25) is 11.7 Å². The number of primary amides is 1. The summed E-state index contributed by atoms with van der Waals surface area (Å²) in [6, 6.07) is -3.80. The van der Waals surface area contributed by atoms with Crippen LogP contribution in [0.3, 0.4) is 0 Å². The van der Waals surface area contributed by atoms with Crippen LogP contribution < -0.4 is 27.0 Å². The second kappa shape index (κ2) is 15.4. The van der Waals surface area contributed by atoms with Crippen molar-refractivity contribution in [3.05, 3.63) is 0 Å². The third kappa shape index (κ3) is 10.0. The van der Waals surface area contributed by atoms with Crippen LogP contribution in [0.2, 0.25) is 0 Å². The molecule has 0 radical (unpaired) electrons. The monoisotopic (exact) mass is 624 g/mol. The van der Waals surface area contributed by atoms with Crippen molar-refractivity contribution in [3.63, 3.8) is 0 Å². The minimum Gasteiger partial charge on any atom is -0.447 e. The molecular formula is C31H56N6O7. The van der Waals surface area contributed by atoms with Gasteiger partial charge >= 0.3 is 12.1 Å². The van der Waals surface area contributed by atoms with E-state index in [-0.39, 0.29) is 30.3 Å². The van der Waals surface area contributed by atoms with E-state index in [1.165, 1.54) is 0 Å². The number of aliphatic hydroxyl groups excluding tert-OH is 1. The number of ketones is 1. The number of nitrogens with one attached hydrogen (secondary N) is 4. The fourth-order valence-corrected chi connectivity index (χ4v) is 5.71. The highest BCUT2D eigenvalue weighted by Crippen LogP contribution is 2.35. The summed E-state index contributed by atoms with van der Waals surface area (Å²) in [7, 11) is 0. The van der Waals surface area contributed by atoms with Crippen molar-refractivity contribution >= 4 is 29.7 Å².